The van der Waals surface area contributed by atoms with Gasteiger partial charge in [-0.3, -0.25) is 4.79 Å². The van der Waals surface area contributed by atoms with Crippen LogP contribution < -0.4 is 4.74 Å². The quantitative estimate of drug-likeness (QED) is 0.715. The van der Waals surface area contributed by atoms with Crippen molar-refractivity contribution in [1.29, 1.82) is 0 Å². The van der Waals surface area contributed by atoms with E-state index in [0.717, 1.165) is 0 Å². The number of ketones is 1. The minimum atomic E-state index is -0.163. The first kappa shape index (κ1) is 9.52. The first-order valence-corrected chi connectivity index (χ1v) is 4.61. The Balaban J connectivity index is 1.92. The summed E-state index contributed by atoms with van der Waals surface area (Å²) in [7, 11) is 0. The number of carbonyl (C=O) groups excluding carboxylic acids is 1. The Kier molecular flexibility index (Phi) is 2.83. The number of Topliss-reactive ketones (excluding diaryl/α,β-unsaturated/α-hetero) is 1. The maximum atomic E-state index is 11.5. The summed E-state index contributed by atoms with van der Waals surface area (Å²) in [4.78, 5) is 11.5. The molecule has 0 aliphatic carbocycles. The van der Waals surface area contributed by atoms with Crippen LogP contribution in [-0.4, -0.2) is 12.4 Å². The van der Waals surface area contributed by atoms with Crippen molar-refractivity contribution in [3.8, 4) is 5.75 Å². The largest absolute Gasteiger partial charge is 0.485 e. The van der Waals surface area contributed by atoms with E-state index >= 15 is 0 Å². The van der Waals surface area contributed by atoms with Crippen LogP contribution in [0.15, 0.2) is 53.1 Å². The van der Waals surface area contributed by atoms with Gasteiger partial charge in [0.1, 0.15) is 5.75 Å². The molecule has 3 heteroatoms. The molecule has 0 amide bonds. The van der Waals surface area contributed by atoms with Crippen LogP contribution in [0.1, 0.15) is 10.6 Å². The maximum absolute atomic E-state index is 11.5. The van der Waals surface area contributed by atoms with E-state index in [0.29, 0.717) is 11.5 Å². The molecule has 0 radical (unpaired) electrons. The van der Waals surface area contributed by atoms with Gasteiger partial charge in [0, 0.05) is 0 Å². The van der Waals surface area contributed by atoms with Crippen LogP contribution in [0.4, 0.5) is 0 Å². The van der Waals surface area contributed by atoms with E-state index in [1.807, 2.05) is 18.2 Å². The lowest BCUT2D eigenvalue weighted by Crippen LogP contribution is -2.10. The summed E-state index contributed by atoms with van der Waals surface area (Å²) in [5.74, 6) is 0.840. The van der Waals surface area contributed by atoms with Crippen molar-refractivity contribution < 1.29 is 13.9 Å². The van der Waals surface area contributed by atoms with Crippen molar-refractivity contribution >= 4 is 5.78 Å². The van der Waals surface area contributed by atoms with Gasteiger partial charge in [-0.2, -0.15) is 0 Å². The van der Waals surface area contributed by atoms with Gasteiger partial charge < -0.3 is 9.15 Å². The van der Waals surface area contributed by atoms with Crippen LogP contribution in [-0.2, 0) is 0 Å². The monoisotopic (exact) mass is 202 g/mol. The molecule has 0 bridgehead atoms. The van der Waals surface area contributed by atoms with Crippen molar-refractivity contribution in [3.05, 3.63) is 54.5 Å². The zero-order valence-electron chi connectivity index (χ0n) is 8.05. The first-order chi connectivity index (χ1) is 7.36. The predicted octanol–water partition coefficient (Wildman–Crippen LogP) is 2.54. The Morgan fingerprint density at radius 3 is 2.60 bits per heavy atom. The van der Waals surface area contributed by atoms with Gasteiger partial charge in [0.2, 0.25) is 5.78 Å². The molecule has 0 aliphatic heterocycles. The normalized spacial score (nSPS) is 9.87. The molecule has 0 saturated carbocycles. The van der Waals surface area contributed by atoms with Gasteiger partial charge in [-0.1, -0.05) is 18.2 Å². The summed E-state index contributed by atoms with van der Waals surface area (Å²) in [6.07, 6.45) is 1.47. The van der Waals surface area contributed by atoms with Crippen molar-refractivity contribution in [1.82, 2.24) is 0 Å². The molecule has 3 nitrogen and oxygen atoms in total. The number of benzene rings is 1. The molecule has 2 rings (SSSR count). The van der Waals surface area contributed by atoms with Crippen LogP contribution in [0.25, 0.3) is 0 Å². The number of furan rings is 1. The van der Waals surface area contributed by atoms with Crippen LogP contribution in [0.3, 0.4) is 0 Å². The van der Waals surface area contributed by atoms with Crippen LogP contribution in [0, 0.1) is 0 Å². The van der Waals surface area contributed by atoms with Gasteiger partial charge in [0.05, 0.1) is 6.26 Å². The zero-order valence-corrected chi connectivity index (χ0v) is 8.05. The summed E-state index contributed by atoms with van der Waals surface area (Å²) >= 11 is 0. The minimum Gasteiger partial charge on any atom is -0.485 e. The van der Waals surface area contributed by atoms with Crippen molar-refractivity contribution in [2.24, 2.45) is 0 Å². The smallest absolute Gasteiger partial charge is 0.235 e. The van der Waals surface area contributed by atoms with Crippen molar-refractivity contribution in [2.45, 2.75) is 0 Å². The van der Waals surface area contributed by atoms with Gasteiger partial charge >= 0.3 is 0 Å². The van der Waals surface area contributed by atoms with Crippen LogP contribution >= 0.6 is 0 Å². The first-order valence-electron chi connectivity index (χ1n) is 4.61. The standard InChI is InChI=1S/C12H10O3/c13-11(12-7-4-8-14-12)9-15-10-5-2-1-3-6-10/h1-8H,9H2. The number of hydrogen-bond acceptors (Lipinski definition) is 3. The van der Waals surface area contributed by atoms with E-state index in [1.54, 1.807) is 24.3 Å². The third-order valence-corrected chi connectivity index (χ3v) is 1.91. The van der Waals surface area contributed by atoms with E-state index in [9.17, 15) is 4.79 Å². The molecule has 0 spiro atoms. The molecule has 1 aromatic heterocycles. The van der Waals surface area contributed by atoms with E-state index in [2.05, 4.69) is 0 Å². The topological polar surface area (TPSA) is 39.4 Å². The van der Waals surface area contributed by atoms with Gasteiger partial charge in [-0.25, -0.2) is 0 Å². The fraction of sp³-hybridized carbons (Fsp3) is 0.0833. The molecule has 0 fully saturated rings. The number of hydrogen-bond donors (Lipinski definition) is 0. The van der Waals surface area contributed by atoms with Gasteiger partial charge in [-0.05, 0) is 24.3 Å². The third kappa shape index (κ3) is 2.47. The molecule has 15 heavy (non-hydrogen) atoms. The summed E-state index contributed by atoms with van der Waals surface area (Å²) in [6.45, 7) is -0.00245. The highest BCUT2D eigenvalue weighted by molar-refractivity contribution is 5.94. The Labute approximate surface area is 87.3 Å². The van der Waals surface area contributed by atoms with Crippen molar-refractivity contribution in [2.75, 3.05) is 6.61 Å². The van der Waals surface area contributed by atoms with Gasteiger partial charge in [0.25, 0.3) is 0 Å². The molecule has 0 saturated heterocycles. The van der Waals surface area contributed by atoms with E-state index in [-0.39, 0.29) is 12.4 Å². The summed E-state index contributed by atoms with van der Waals surface area (Å²) in [5.41, 5.74) is 0. The summed E-state index contributed by atoms with van der Waals surface area (Å²) < 4.78 is 10.2. The highest BCUT2D eigenvalue weighted by Gasteiger charge is 2.08. The second-order valence-corrected chi connectivity index (χ2v) is 3.00. The second kappa shape index (κ2) is 4.46. The molecular formula is C12H10O3. The number of para-hydroxylation sites is 1. The molecule has 1 heterocycles. The van der Waals surface area contributed by atoms with E-state index in [1.165, 1.54) is 6.26 Å². The number of ether oxygens (including phenoxy) is 1. The Bertz CT molecular complexity index is 417. The highest BCUT2D eigenvalue weighted by atomic mass is 16.5. The van der Waals surface area contributed by atoms with Crippen LogP contribution in [0.5, 0.6) is 5.75 Å². The number of rotatable bonds is 4. The summed E-state index contributed by atoms with van der Waals surface area (Å²) in [5, 5.41) is 0. The molecule has 0 aliphatic rings. The Hall–Kier alpha value is -2.03. The average molecular weight is 202 g/mol. The molecule has 0 unspecified atom stereocenters. The van der Waals surface area contributed by atoms with Crippen LogP contribution in [0.2, 0.25) is 0 Å². The predicted molar refractivity (Wildman–Crippen MR) is 55.0 cm³/mol. The SMILES string of the molecule is O=C(COc1ccccc1)c1ccco1. The molecule has 1 aromatic carbocycles. The van der Waals surface area contributed by atoms with Gasteiger partial charge in [0.15, 0.2) is 12.4 Å². The number of carbonyl (C=O) groups is 1. The average Bonchev–Trinajstić information content (AvgIpc) is 2.81. The van der Waals surface area contributed by atoms with E-state index in [4.69, 9.17) is 9.15 Å². The third-order valence-electron chi connectivity index (χ3n) is 1.91. The second-order valence-electron chi connectivity index (χ2n) is 3.00. The summed E-state index contributed by atoms with van der Waals surface area (Å²) in [6, 6.07) is 12.5. The Morgan fingerprint density at radius 2 is 1.93 bits per heavy atom. The zero-order chi connectivity index (χ0) is 10.5. The highest BCUT2D eigenvalue weighted by Crippen LogP contribution is 2.09. The molecule has 76 valence electrons. The van der Waals surface area contributed by atoms with Gasteiger partial charge in [-0.15, -0.1) is 0 Å². The lowest BCUT2D eigenvalue weighted by atomic mass is 10.3. The lowest BCUT2D eigenvalue weighted by molar-refractivity contribution is 0.0894. The molecule has 0 atom stereocenters. The molecular weight excluding hydrogens is 192 g/mol. The maximum Gasteiger partial charge on any atom is 0.235 e. The minimum absolute atomic E-state index is 0.00245. The Morgan fingerprint density at radius 1 is 1.13 bits per heavy atom. The lowest BCUT2D eigenvalue weighted by Gasteiger charge is -2.02. The fourth-order valence-corrected chi connectivity index (χ4v) is 1.17. The fourth-order valence-electron chi connectivity index (χ4n) is 1.17. The van der Waals surface area contributed by atoms with E-state index < -0.39 is 0 Å². The molecule has 0 N–H and O–H groups in total. The molecule has 2 aromatic rings. The van der Waals surface area contributed by atoms with Crippen molar-refractivity contribution in [3.63, 3.8) is 0 Å².